The molecule has 0 spiro atoms. The van der Waals surface area contributed by atoms with Gasteiger partial charge in [0.15, 0.2) is 0 Å². The second-order valence-corrected chi connectivity index (χ2v) is 5.21. The number of rotatable bonds is 2. The van der Waals surface area contributed by atoms with Crippen LogP contribution >= 0.6 is 0 Å². The third-order valence-corrected chi connectivity index (χ3v) is 3.89. The van der Waals surface area contributed by atoms with Crippen molar-refractivity contribution in [3.05, 3.63) is 29.3 Å². The molecule has 0 radical (unpaired) electrons. The number of carbonyl (C=O) groups is 1. The Bertz CT molecular complexity index is 533. The minimum Gasteiger partial charge on any atom is -0.481 e. The van der Waals surface area contributed by atoms with Gasteiger partial charge >= 0.3 is 5.97 Å². The molecule has 1 fully saturated rings. The average Bonchev–Trinajstić information content (AvgIpc) is 2.38. The monoisotopic (exact) mass is 258 g/mol. The van der Waals surface area contributed by atoms with Crippen LogP contribution in [0.5, 0.6) is 0 Å². The molecule has 0 aromatic heterocycles. The average molecular weight is 258 g/mol. The molecule has 1 heterocycles. The predicted octanol–water partition coefficient (Wildman–Crippen LogP) is 2.56. The maximum Gasteiger partial charge on any atom is 0.306 e. The number of nitriles is 1. The molecular formula is C15H18N2O2. The van der Waals surface area contributed by atoms with E-state index in [2.05, 4.69) is 17.9 Å². The van der Waals surface area contributed by atoms with Crippen molar-refractivity contribution in [2.75, 3.05) is 11.4 Å². The maximum atomic E-state index is 11.0. The van der Waals surface area contributed by atoms with Gasteiger partial charge in [-0.05, 0) is 50.5 Å². The topological polar surface area (TPSA) is 64.3 Å². The number of hydrogen-bond acceptors (Lipinski definition) is 3. The van der Waals surface area contributed by atoms with E-state index in [1.165, 1.54) is 0 Å². The van der Waals surface area contributed by atoms with E-state index in [0.29, 0.717) is 18.4 Å². The Hall–Kier alpha value is -2.02. The largest absolute Gasteiger partial charge is 0.481 e. The molecule has 2 rings (SSSR count). The van der Waals surface area contributed by atoms with Crippen molar-refractivity contribution in [1.29, 1.82) is 5.26 Å². The van der Waals surface area contributed by atoms with Crippen LogP contribution < -0.4 is 4.90 Å². The molecule has 0 saturated carbocycles. The highest BCUT2D eigenvalue weighted by molar-refractivity contribution is 5.70. The van der Waals surface area contributed by atoms with Crippen LogP contribution in [-0.2, 0) is 4.79 Å². The number of aryl methyl sites for hydroxylation is 1. The fourth-order valence-electron chi connectivity index (χ4n) is 2.73. The van der Waals surface area contributed by atoms with Gasteiger partial charge in [-0.15, -0.1) is 0 Å². The number of carboxylic acid groups (broad SMARTS) is 1. The van der Waals surface area contributed by atoms with Crippen molar-refractivity contribution in [2.24, 2.45) is 5.92 Å². The first-order valence-electron chi connectivity index (χ1n) is 6.53. The van der Waals surface area contributed by atoms with Crippen molar-refractivity contribution < 1.29 is 9.90 Å². The Labute approximate surface area is 113 Å². The number of anilines is 1. The number of nitrogens with zero attached hydrogens (tertiary/aromatic N) is 2. The Morgan fingerprint density at radius 1 is 1.53 bits per heavy atom. The first-order valence-corrected chi connectivity index (χ1v) is 6.53. The van der Waals surface area contributed by atoms with Gasteiger partial charge in [0.2, 0.25) is 0 Å². The Balaban J connectivity index is 2.18. The van der Waals surface area contributed by atoms with E-state index in [-0.39, 0.29) is 12.0 Å². The zero-order valence-electron chi connectivity index (χ0n) is 11.3. The highest BCUT2D eigenvalue weighted by atomic mass is 16.4. The molecular weight excluding hydrogens is 240 g/mol. The van der Waals surface area contributed by atoms with Crippen molar-refractivity contribution in [3.63, 3.8) is 0 Å². The summed E-state index contributed by atoms with van der Waals surface area (Å²) in [5, 5.41) is 18.0. The number of hydrogen-bond donors (Lipinski definition) is 1. The van der Waals surface area contributed by atoms with Gasteiger partial charge in [-0.1, -0.05) is 0 Å². The Kier molecular flexibility index (Phi) is 3.75. The molecule has 1 aromatic carbocycles. The van der Waals surface area contributed by atoms with Crippen molar-refractivity contribution in [3.8, 4) is 6.07 Å². The highest BCUT2D eigenvalue weighted by Gasteiger charge is 2.29. The van der Waals surface area contributed by atoms with Gasteiger partial charge in [-0.3, -0.25) is 4.79 Å². The van der Waals surface area contributed by atoms with E-state index in [1.54, 1.807) is 0 Å². The summed E-state index contributed by atoms with van der Waals surface area (Å²) in [7, 11) is 0. The van der Waals surface area contributed by atoms with Crippen LogP contribution in [0.1, 0.15) is 30.9 Å². The first-order chi connectivity index (χ1) is 9.02. The predicted molar refractivity (Wildman–Crippen MR) is 73.1 cm³/mol. The quantitative estimate of drug-likeness (QED) is 0.885. The van der Waals surface area contributed by atoms with Crippen LogP contribution in [0, 0.1) is 24.2 Å². The zero-order chi connectivity index (χ0) is 14.0. The lowest BCUT2D eigenvalue weighted by molar-refractivity contribution is -0.142. The standard InChI is InChI=1S/C15H18N2O2/c1-10-7-14(4-3-13(10)9-16)17-6-5-12(15(18)19)8-11(17)2/h3-4,7,11-12H,5-6,8H2,1-2H3,(H,18,19). The summed E-state index contributed by atoms with van der Waals surface area (Å²) < 4.78 is 0. The number of aliphatic carboxylic acids is 1. The molecule has 4 heteroatoms. The van der Waals surface area contributed by atoms with E-state index in [1.807, 2.05) is 25.1 Å². The van der Waals surface area contributed by atoms with Crippen molar-refractivity contribution in [1.82, 2.24) is 0 Å². The number of carboxylic acids is 1. The smallest absolute Gasteiger partial charge is 0.306 e. The zero-order valence-corrected chi connectivity index (χ0v) is 11.3. The minimum absolute atomic E-state index is 0.210. The van der Waals surface area contributed by atoms with Crippen LogP contribution in [0.4, 0.5) is 5.69 Å². The first kappa shape index (κ1) is 13.4. The van der Waals surface area contributed by atoms with Gasteiger partial charge in [-0.25, -0.2) is 0 Å². The van der Waals surface area contributed by atoms with E-state index < -0.39 is 5.97 Å². The Morgan fingerprint density at radius 3 is 2.79 bits per heavy atom. The van der Waals surface area contributed by atoms with E-state index in [4.69, 9.17) is 10.4 Å². The molecule has 0 amide bonds. The summed E-state index contributed by atoms with van der Waals surface area (Å²) in [5.74, 6) is -0.923. The van der Waals surface area contributed by atoms with Gasteiger partial charge in [-0.2, -0.15) is 5.26 Å². The van der Waals surface area contributed by atoms with Crippen molar-refractivity contribution in [2.45, 2.75) is 32.7 Å². The Morgan fingerprint density at radius 2 is 2.26 bits per heavy atom. The number of benzene rings is 1. The SMILES string of the molecule is Cc1cc(N2CCC(C(=O)O)CC2C)ccc1C#N. The lowest BCUT2D eigenvalue weighted by Gasteiger charge is -2.38. The van der Waals surface area contributed by atoms with E-state index >= 15 is 0 Å². The second kappa shape index (κ2) is 5.31. The third kappa shape index (κ3) is 2.70. The summed E-state index contributed by atoms with van der Waals surface area (Å²) in [6, 6.07) is 8.16. The molecule has 1 aromatic rings. The molecule has 0 aliphatic carbocycles. The van der Waals surface area contributed by atoms with Crippen LogP contribution in [-0.4, -0.2) is 23.7 Å². The summed E-state index contributed by atoms with van der Waals surface area (Å²) in [4.78, 5) is 13.3. The molecule has 2 atom stereocenters. The van der Waals surface area contributed by atoms with Crippen LogP contribution in [0.25, 0.3) is 0 Å². The summed E-state index contributed by atoms with van der Waals surface area (Å²) >= 11 is 0. The fraction of sp³-hybridized carbons (Fsp3) is 0.467. The molecule has 1 aliphatic heterocycles. The van der Waals surface area contributed by atoms with Gasteiger partial charge in [0.1, 0.15) is 0 Å². The molecule has 1 N–H and O–H groups in total. The summed E-state index contributed by atoms with van der Waals surface area (Å²) in [6.45, 7) is 4.74. The van der Waals surface area contributed by atoms with Gasteiger partial charge in [0.05, 0.1) is 17.6 Å². The highest BCUT2D eigenvalue weighted by Crippen LogP contribution is 2.29. The normalized spacial score (nSPS) is 22.9. The molecule has 2 unspecified atom stereocenters. The van der Waals surface area contributed by atoms with Crippen LogP contribution in [0.2, 0.25) is 0 Å². The minimum atomic E-state index is -0.692. The maximum absolute atomic E-state index is 11.0. The molecule has 100 valence electrons. The second-order valence-electron chi connectivity index (χ2n) is 5.21. The lowest BCUT2D eigenvalue weighted by Crippen LogP contribution is -2.42. The molecule has 1 saturated heterocycles. The third-order valence-electron chi connectivity index (χ3n) is 3.89. The number of piperidine rings is 1. The molecule has 4 nitrogen and oxygen atoms in total. The lowest BCUT2D eigenvalue weighted by atomic mass is 9.91. The molecule has 19 heavy (non-hydrogen) atoms. The summed E-state index contributed by atoms with van der Waals surface area (Å²) in [6.07, 6.45) is 1.35. The van der Waals surface area contributed by atoms with E-state index in [0.717, 1.165) is 17.8 Å². The van der Waals surface area contributed by atoms with Gasteiger partial charge in [0, 0.05) is 18.3 Å². The van der Waals surface area contributed by atoms with Gasteiger partial charge in [0.25, 0.3) is 0 Å². The fourth-order valence-corrected chi connectivity index (χ4v) is 2.73. The molecule has 0 bridgehead atoms. The molecule has 1 aliphatic rings. The van der Waals surface area contributed by atoms with Crippen LogP contribution in [0.15, 0.2) is 18.2 Å². The van der Waals surface area contributed by atoms with E-state index in [9.17, 15) is 4.79 Å². The van der Waals surface area contributed by atoms with Gasteiger partial charge < -0.3 is 10.0 Å². The van der Waals surface area contributed by atoms with Crippen LogP contribution in [0.3, 0.4) is 0 Å². The van der Waals surface area contributed by atoms with Crippen molar-refractivity contribution >= 4 is 11.7 Å². The summed E-state index contributed by atoms with van der Waals surface area (Å²) in [5.41, 5.74) is 2.73.